The molecular formula is C19H20N4O3S. The Morgan fingerprint density at radius 2 is 1.74 bits per heavy atom. The van der Waals surface area contributed by atoms with Gasteiger partial charge in [-0.05, 0) is 48.9 Å². The molecule has 1 atom stereocenters. The number of nitrogens with one attached hydrogen (secondary N) is 2. The van der Waals surface area contributed by atoms with Gasteiger partial charge in [-0.1, -0.05) is 12.1 Å². The second kappa shape index (κ2) is 7.73. The molecule has 27 heavy (non-hydrogen) atoms. The molecule has 1 aromatic heterocycles. The maximum Gasteiger partial charge on any atom is 0.251 e. The van der Waals surface area contributed by atoms with Crippen LogP contribution < -0.4 is 10.0 Å². The molecule has 3 aromatic rings. The second-order valence-electron chi connectivity index (χ2n) is 6.01. The van der Waals surface area contributed by atoms with Crippen LogP contribution in [0.25, 0.3) is 5.69 Å². The summed E-state index contributed by atoms with van der Waals surface area (Å²) in [6.07, 6.45) is 5.23. The van der Waals surface area contributed by atoms with Crippen molar-refractivity contribution >= 4 is 15.9 Å². The highest BCUT2D eigenvalue weighted by Crippen LogP contribution is 2.19. The summed E-state index contributed by atoms with van der Waals surface area (Å²) in [5.41, 5.74) is 2.18. The molecule has 140 valence electrons. The number of benzene rings is 2. The zero-order valence-electron chi connectivity index (χ0n) is 15.0. The van der Waals surface area contributed by atoms with E-state index in [1.165, 1.54) is 31.3 Å². The highest BCUT2D eigenvalue weighted by molar-refractivity contribution is 7.89. The van der Waals surface area contributed by atoms with E-state index in [9.17, 15) is 13.2 Å². The molecule has 0 aliphatic carbocycles. The van der Waals surface area contributed by atoms with Gasteiger partial charge in [0, 0.05) is 36.7 Å². The van der Waals surface area contributed by atoms with Crippen molar-refractivity contribution < 1.29 is 13.2 Å². The Morgan fingerprint density at radius 3 is 2.30 bits per heavy atom. The monoisotopic (exact) mass is 384 g/mol. The number of amides is 1. The van der Waals surface area contributed by atoms with Gasteiger partial charge in [0.15, 0.2) is 0 Å². The Morgan fingerprint density at radius 1 is 1.07 bits per heavy atom. The fourth-order valence-electron chi connectivity index (χ4n) is 2.65. The number of sulfonamides is 1. The smallest absolute Gasteiger partial charge is 0.251 e. The van der Waals surface area contributed by atoms with Crippen molar-refractivity contribution in [1.82, 2.24) is 19.6 Å². The van der Waals surface area contributed by atoms with Crippen molar-refractivity contribution in [2.45, 2.75) is 17.9 Å². The molecule has 0 saturated heterocycles. The van der Waals surface area contributed by atoms with E-state index in [-0.39, 0.29) is 10.8 Å². The van der Waals surface area contributed by atoms with Crippen LogP contribution in [-0.2, 0) is 10.0 Å². The maximum absolute atomic E-state index is 12.6. The zero-order valence-corrected chi connectivity index (χ0v) is 15.8. The molecule has 0 saturated carbocycles. The summed E-state index contributed by atoms with van der Waals surface area (Å²) in [6, 6.07) is 12.9. The minimum Gasteiger partial charge on any atom is -0.355 e. The number of carbonyl (C=O) groups is 1. The third-order valence-corrected chi connectivity index (χ3v) is 5.74. The van der Waals surface area contributed by atoms with Crippen molar-refractivity contribution in [3.8, 4) is 5.69 Å². The Labute approximate surface area is 158 Å². The summed E-state index contributed by atoms with van der Waals surface area (Å²) in [5.74, 6) is -0.266. The van der Waals surface area contributed by atoms with Crippen molar-refractivity contribution in [2.75, 3.05) is 7.05 Å². The number of imidazole rings is 1. The average Bonchev–Trinajstić information content (AvgIpc) is 3.22. The largest absolute Gasteiger partial charge is 0.355 e. The van der Waals surface area contributed by atoms with E-state index in [0.717, 1.165) is 11.3 Å². The van der Waals surface area contributed by atoms with Gasteiger partial charge in [0.05, 0.1) is 11.2 Å². The summed E-state index contributed by atoms with van der Waals surface area (Å²) < 4.78 is 29.7. The molecule has 2 aromatic carbocycles. The summed E-state index contributed by atoms with van der Waals surface area (Å²) in [6.45, 7) is 1.78. The molecular weight excluding hydrogens is 364 g/mol. The second-order valence-corrected chi connectivity index (χ2v) is 7.72. The van der Waals surface area contributed by atoms with Gasteiger partial charge in [-0.3, -0.25) is 4.79 Å². The van der Waals surface area contributed by atoms with Crippen LogP contribution in [0.15, 0.2) is 72.1 Å². The van der Waals surface area contributed by atoms with Crippen molar-refractivity contribution in [3.63, 3.8) is 0 Å². The van der Waals surface area contributed by atoms with Gasteiger partial charge in [0.2, 0.25) is 10.0 Å². The fourth-order valence-corrected chi connectivity index (χ4v) is 3.88. The molecule has 0 unspecified atom stereocenters. The number of aromatic nitrogens is 2. The van der Waals surface area contributed by atoms with E-state index in [1.54, 1.807) is 19.4 Å². The van der Waals surface area contributed by atoms with Gasteiger partial charge in [0.25, 0.3) is 5.91 Å². The van der Waals surface area contributed by atoms with Gasteiger partial charge in [-0.15, -0.1) is 0 Å². The number of rotatable bonds is 6. The van der Waals surface area contributed by atoms with Crippen molar-refractivity contribution in [2.24, 2.45) is 0 Å². The lowest BCUT2D eigenvalue weighted by Crippen LogP contribution is -2.27. The Balaban J connectivity index is 1.74. The van der Waals surface area contributed by atoms with Crippen molar-refractivity contribution in [3.05, 3.63) is 78.4 Å². The summed E-state index contributed by atoms with van der Waals surface area (Å²) in [7, 11) is -2.18. The molecule has 7 nitrogen and oxygen atoms in total. The Hall–Kier alpha value is -2.97. The maximum atomic E-state index is 12.6. The molecule has 1 heterocycles. The van der Waals surface area contributed by atoms with E-state index in [4.69, 9.17) is 0 Å². The molecule has 0 radical (unpaired) electrons. The number of nitrogens with zero attached hydrogens (tertiary/aromatic N) is 2. The zero-order chi connectivity index (χ0) is 19.4. The highest BCUT2D eigenvalue weighted by Gasteiger charge is 2.19. The van der Waals surface area contributed by atoms with Gasteiger partial charge in [-0.25, -0.2) is 18.1 Å². The van der Waals surface area contributed by atoms with E-state index in [2.05, 4.69) is 15.0 Å². The van der Waals surface area contributed by atoms with Crippen LogP contribution in [0, 0.1) is 0 Å². The van der Waals surface area contributed by atoms with Crippen LogP contribution in [0.5, 0.6) is 0 Å². The number of carbonyl (C=O) groups excluding carboxylic acids is 1. The quantitative estimate of drug-likeness (QED) is 0.682. The van der Waals surface area contributed by atoms with E-state index in [0.29, 0.717) is 5.56 Å². The first-order valence-corrected chi connectivity index (χ1v) is 9.82. The standard InChI is InChI=1S/C19H20N4O3S/c1-14(15-3-7-17(8-4-15)23-12-11-21-13-23)22-27(25,26)18-9-5-16(6-10-18)19(24)20-2/h3-14,22H,1-2H3,(H,20,24)/t14-/m0/s1. The molecule has 0 aliphatic heterocycles. The lowest BCUT2D eigenvalue weighted by Gasteiger charge is -2.15. The first-order valence-electron chi connectivity index (χ1n) is 8.33. The Bertz CT molecular complexity index is 1010. The highest BCUT2D eigenvalue weighted by atomic mass is 32.2. The van der Waals surface area contributed by atoms with Crippen molar-refractivity contribution in [1.29, 1.82) is 0 Å². The molecule has 8 heteroatoms. The SMILES string of the molecule is CNC(=O)c1ccc(S(=O)(=O)N[C@@H](C)c2ccc(-n3ccnc3)cc2)cc1. The van der Waals surface area contributed by atoms with Gasteiger partial charge < -0.3 is 9.88 Å². The van der Waals surface area contributed by atoms with Crippen LogP contribution in [0.4, 0.5) is 0 Å². The predicted octanol–water partition coefficient (Wildman–Crippen LogP) is 2.27. The third kappa shape index (κ3) is 4.24. The third-order valence-electron chi connectivity index (χ3n) is 4.18. The van der Waals surface area contributed by atoms with Crippen LogP contribution in [0.1, 0.15) is 28.9 Å². The lowest BCUT2D eigenvalue weighted by atomic mass is 10.1. The van der Waals surface area contributed by atoms with Gasteiger partial charge in [-0.2, -0.15) is 0 Å². The number of hydrogen-bond acceptors (Lipinski definition) is 4. The summed E-state index contributed by atoms with van der Waals surface area (Å²) >= 11 is 0. The van der Waals surface area contributed by atoms with E-state index in [1.807, 2.05) is 35.0 Å². The molecule has 0 bridgehead atoms. The van der Waals surface area contributed by atoms with E-state index < -0.39 is 16.1 Å². The minimum absolute atomic E-state index is 0.108. The lowest BCUT2D eigenvalue weighted by molar-refractivity contribution is 0.0963. The fraction of sp³-hybridized carbons (Fsp3) is 0.158. The topological polar surface area (TPSA) is 93.1 Å². The predicted molar refractivity (Wildman–Crippen MR) is 102 cm³/mol. The molecule has 1 amide bonds. The molecule has 0 aliphatic rings. The first kappa shape index (κ1) is 18.8. The van der Waals surface area contributed by atoms with Gasteiger partial charge in [0.1, 0.15) is 0 Å². The number of hydrogen-bond donors (Lipinski definition) is 2. The van der Waals surface area contributed by atoms with E-state index >= 15 is 0 Å². The van der Waals surface area contributed by atoms with Crippen LogP contribution in [0.3, 0.4) is 0 Å². The summed E-state index contributed by atoms with van der Waals surface area (Å²) in [4.78, 5) is 15.7. The minimum atomic E-state index is -3.71. The molecule has 0 spiro atoms. The van der Waals surface area contributed by atoms with Crippen LogP contribution in [-0.4, -0.2) is 30.9 Å². The normalized spacial score (nSPS) is 12.5. The van der Waals surface area contributed by atoms with Crippen LogP contribution >= 0.6 is 0 Å². The van der Waals surface area contributed by atoms with Gasteiger partial charge >= 0.3 is 0 Å². The molecule has 3 rings (SSSR count). The molecule has 2 N–H and O–H groups in total. The average molecular weight is 384 g/mol. The molecule has 0 fully saturated rings. The summed E-state index contributed by atoms with van der Waals surface area (Å²) in [5, 5.41) is 2.50. The Kier molecular flexibility index (Phi) is 5.38. The first-order chi connectivity index (χ1) is 12.9. The van der Waals surface area contributed by atoms with Crippen LogP contribution in [0.2, 0.25) is 0 Å².